The van der Waals surface area contributed by atoms with Crippen LogP contribution in [-0.4, -0.2) is 26.2 Å². The molecule has 0 rings (SSSR count). The molecule has 0 fully saturated rings. The third-order valence-corrected chi connectivity index (χ3v) is 1.39. The molecular formula is C9H19NO2. The summed E-state index contributed by atoms with van der Waals surface area (Å²) in [7, 11) is 1.87. The lowest BCUT2D eigenvalue weighted by molar-refractivity contribution is -0.144. The number of carbonyl (C=O) groups is 1. The smallest absolute Gasteiger partial charge is 0.305 e. The number of ether oxygens (including phenoxy) is 1. The average molecular weight is 173 g/mol. The summed E-state index contributed by atoms with van der Waals surface area (Å²) in [5.41, 5.74) is 0. The van der Waals surface area contributed by atoms with Gasteiger partial charge in [-0.2, -0.15) is 0 Å². The molecule has 3 nitrogen and oxygen atoms in total. The van der Waals surface area contributed by atoms with Crippen molar-refractivity contribution in [1.82, 2.24) is 5.32 Å². The molecule has 0 radical (unpaired) electrons. The average Bonchev–Trinajstić information content (AvgIpc) is 2.01. The van der Waals surface area contributed by atoms with Crippen LogP contribution in [0.15, 0.2) is 0 Å². The van der Waals surface area contributed by atoms with Crippen molar-refractivity contribution >= 4 is 5.97 Å². The fraction of sp³-hybridized carbons (Fsp3) is 0.889. The number of carbonyl (C=O) groups excluding carboxylic acids is 1. The largest absolute Gasteiger partial charge is 0.465 e. The Morgan fingerprint density at radius 2 is 2.17 bits per heavy atom. The lowest BCUT2D eigenvalue weighted by atomic mass is 10.2. The van der Waals surface area contributed by atoms with Gasteiger partial charge >= 0.3 is 5.97 Å². The molecule has 3 heteroatoms. The summed E-state index contributed by atoms with van der Waals surface area (Å²) >= 11 is 0. The van der Waals surface area contributed by atoms with Crippen molar-refractivity contribution in [1.29, 1.82) is 0 Å². The summed E-state index contributed by atoms with van der Waals surface area (Å²) in [5, 5.41) is 2.98. The van der Waals surface area contributed by atoms with Crippen LogP contribution in [0.5, 0.6) is 0 Å². The highest BCUT2D eigenvalue weighted by Gasteiger charge is 2.02. The molecule has 0 amide bonds. The molecule has 0 spiro atoms. The summed E-state index contributed by atoms with van der Waals surface area (Å²) in [6, 6.07) is 0. The van der Waals surface area contributed by atoms with Crippen molar-refractivity contribution in [3.8, 4) is 0 Å². The van der Waals surface area contributed by atoms with E-state index in [9.17, 15) is 4.79 Å². The summed E-state index contributed by atoms with van der Waals surface area (Å²) in [4.78, 5) is 11.0. The van der Waals surface area contributed by atoms with Crippen molar-refractivity contribution in [2.75, 3.05) is 20.2 Å². The first kappa shape index (κ1) is 11.4. The van der Waals surface area contributed by atoms with E-state index in [0.29, 0.717) is 18.9 Å². The Labute approximate surface area is 74.5 Å². The van der Waals surface area contributed by atoms with E-state index < -0.39 is 0 Å². The quantitative estimate of drug-likeness (QED) is 0.484. The highest BCUT2D eigenvalue weighted by Crippen LogP contribution is 1.96. The maximum Gasteiger partial charge on any atom is 0.305 e. The minimum Gasteiger partial charge on any atom is -0.465 e. The Bertz CT molecular complexity index is 124. The van der Waals surface area contributed by atoms with Crippen LogP contribution in [0.4, 0.5) is 0 Å². The Kier molecular flexibility index (Phi) is 6.76. The van der Waals surface area contributed by atoms with Gasteiger partial charge in [-0.05, 0) is 25.9 Å². The number of rotatable bonds is 6. The molecule has 72 valence electrons. The summed E-state index contributed by atoms with van der Waals surface area (Å²) in [6.07, 6.45) is 1.38. The Morgan fingerprint density at radius 3 is 2.67 bits per heavy atom. The van der Waals surface area contributed by atoms with Gasteiger partial charge in [-0.3, -0.25) is 4.79 Å². The summed E-state index contributed by atoms with van der Waals surface area (Å²) in [5.74, 6) is 0.345. The Morgan fingerprint density at radius 1 is 1.50 bits per heavy atom. The minimum atomic E-state index is -0.0843. The van der Waals surface area contributed by atoms with Crippen LogP contribution in [0.2, 0.25) is 0 Å². The molecular weight excluding hydrogens is 154 g/mol. The standard InChI is InChI=1S/C9H19NO2/c1-8(2)7-12-9(11)5-4-6-10-3/h8,10H,4-7H2,1-3H3. The van der Waals surface area contributed by atoms with Crippen molar-refractivity contribution < 1.29 is 9.53 Å². The Hall–Kier alpha value is -0.570. The van der Waals surface area contributed by atoms with Gasteiger partial charge in [-0.1, -0.05) is 13.8 Å². The first-order valence-electron chi connectivity index (χ1n) is 4.47. The molecule has 0 bridgehead atoms. The molecule has 0 heterocycles. The van der Waals surface area contributed by atoms with Crippen molar-refractivity contribution in [3.63, 3.8) is 0 Å². The van der Waals surface area contributed by atoms with Gasteiger partial charge in [0.2, 0.25) is 0 Å². The lowest BCUT2D eigenvalue weighted by Gasteiger charge is -2.06. The van der Waals surface area contributed by atoms with Crippen LogP contribution in [0.25, 0.3) is 0 Å². The van der Waals surface area contributed by atoms with Crippen LogP contribution in [0.1, 0.15) is 26.7 Å². The van der Waals surface area contributed by atoms with E-state index in [0.717, 1.165) is 13.0 Å². The topological polar surface area (TPSA) is 38.3 Å². The molecule has 0 aliphatic heterocycles. The van der Waals surface area contributed by atoms with Gasteiger partial charge in [0, 0.05) is 6.42 Å². The number of nitrogens with one attached hydrogen (secondary N) is 1. The van der Waals surface area contributed by atoms with Gasteiger partial charge in [0.15, 0.2) is 0 Å². The van der Waals surface area contributed by atoms with Gasteiger partial charge in [0.25, 0.3) is 0 Å². The zero-order valence-electron chi connectivity index (χ0n) is 8.22. The van der Waals surface area contributed by atoms with Gasteiger partial charge in [0.1, 0.15) is 0 Å². The van der Waals surface area contributed by atoms with Crippen LogP contribution < -0.4 is 5.32 Å². The molecule has 0 saturated heterocycles. The molecule has 0 atom stereocenters. The van der Waals surface area contributed by atoms with Gasteiger partial charge in [-0.25, -0.2) is 0 Å². The predicted octanol–water partition coefficient (Wildman–Crippen LogP) is 1.19. The first-order chi connectivity index (χ1) is 5.66. The lowest BCUT2D eigenvalue weighted by Crippen LogP contribution is -2.13. The van der Waals surface area contributed by atoms with Crippen molar-refractivity contribution in [2.24, 2.45) is 5.92 Å². The van der Waals surface area contributed by atoms with Crippen LogP contribution >= 0.6 is 0 Å². The van der Waals surface area contributed by atoms with E-state index in [1.165, 1.54) is 0 Å². The van der Waals surface area contributed by atoms with E-state index in [1.54, 1.807) is 0 Å². The highest BCUT2D eigenvalue weighted by molar-refractivity contribution is 5.69. The number of hydrogen-bond acceptors (Lipinski definition) is 3. The fourth-order valence-corrected chi connectivity index (χ4v) is 0.741. The second kappa shape index (κ2) is 7.10. The molecule has 0 aliphatic carbocycles. The van der Waals surface area contributed by atoms with Crippen LogP contribution in [0.3, 0.4) is 0 Å². The molecule has 0 aromatic heterocycles. The van der Waals surface area contributed by atoms with E-state index >= 15 is 0 Å². The van der Waals surface area contributed by atoms with E-state index in [1.807, 2.05) is 20.9 Å². The highest BCUT2D eigenvalue weighted by atomic mass is 16.5. The monoisotopic (exact) mass is 173 g/mol. The summed E-state index contributed by atoms with van der Waals surface area (Å²) < 4.78 is 4.98. The molecule has 0 unspecified atom stereocenters. The Balaban J connectivity index is 3.22. The predicted molar refractivity (Wildman–Crippen MR) is 49.0 cm³/mol. The minimum absolute atomic E-state index is 0.0843. The van der Waals surface area contributed by atoms with Crippen molar-refractivity contribution in [2.45, 2.75) is 26.7 Å². The van der Waals surface area contributed by atoms with E-state index in [2.05, 4.69) is 5.32 Å². The van der Waals surface area contributed by atoms with E-state index in [-0.39, 0.29) is 5.97 Å². The van der Waals surface area contributed by atoms with Gasteiger partial charge in [-0.15, -0.1) is 0 Å². The van der Waals surface area contributed by atoms with Crippen LogP contribution in [0, 0.1) is 5.92 Å². The zero-order chi connectivity index (χ0) is 9.40. The molecule has 0 aromatic rings. The van der Waals surface area contributed by atoms with Crippen molar-refractivity contribution in [3.05, 3.63) is 0 Å². The van der Waals surface area contributed by atoms with Gasteiger partial charge in [0.05, 0.1) is 6.61 Å². The maximum absolute atomic E-state index is 11.0. The zero-order valence-corrected chi connectivity index (χ0v) is 8.22. The first-order valence-corrected chi connectivity index (χ1v) is 4.47. The van der Waals surface area contributed by atoms with Crippen LogP contribution in [-0.2, 0) is 9.53 Å². The maximum atomic E-state index is 11.0. The number of esters is 1. The molecule has 0 saturated carbocycles. The molecule has 1 N–H and O–H groups in total. The second-order valence-corrected chi connectivity index (χ2v) is 3.28. The molecule has 0 aromatic carbocycles. The SMILES string of the molecule is CNCCCC(=O)OCC(C)C. The summed E-state index contributed by atoms with van der Waals surface area (Å²) in [6.45, 7) is 5.47. The second-order valence-electron chi connectivity index (χ2n) is 3.28. The molecule has 0 aliphatic rings. The fourth-order valence-electron chi connectivity index (χ4n) is 0.741. The normalized spacial score (nSPS) is 10.3. The van der Waals surface area contributed by atoms with E-state index in [4.69, 9.17) is 4.74 Å². The third kappa shape index (κ3) is 7.54. The van der Waals surface area contributed by atoms with Gasteiger partial charge < -0.3 is 10.1 Å². The molecule has 12 heavy (non-hydrogen) atoms. The third-order valence-electron chi connectivity index (χ3n) is 1.39. The number of hydrogen-bond donors (Lipinski definition) is 1.